The quantitative estimate of drug-likeness (QED) is 0.916. The van der Waals surface area contributed by atoms with Crippen LogP contribution in [-0.2, 0) is 11.2 Å². The molecule has 112 valence electrons. The molecule has 2 aliphatic heterocycles. The third-order valence-electron chi connectivity index (χ3n) is 4.50. The van der Waals surface area contributed by atoms with Crippen LogP contribution in [0.5, 0.6) is 0 Å². The molecule has 3 heterocycles. The van der Waals surface area contributed by atoms with E-state index in [9.17, 15) is 0 Å². The normalized spacial score (nSPS) is 27.6. The lowest BCUT2D eigenvalue weighted by Gasteiger charge is -2.44. The van der Waals surface area contributed by atoms with Gasteiger partial charge >= 0.3 is 0 Å². The predicted molar refractivity (Wildman–Crippen MR) is 88.9 cm³/mol. The van der Waals surface area contributed by atoms with Crippen molar-refractivity contribution < 1.29 is 4.74 Å². The Morgan fingerprint density at radius 3 is 3.05 bits per heavy atom. The van der Waals surface area contributed by atoms with E-state index in [1.165, 1.54) is 42.1 Å². The molecule has 2 fully saturated rings. The van der Waals surface area contributed by atoms with E-state index in [0.717, 1.165) is 13.0 Å². The number of thioether (sulfide) groups is 1. The van der Waals surface area contributed by atoms with Gasteiger partial charge in [-0.1, -0.05) is 6.07 Å². The minimum absolute atomic E-state index is 0.198. The summed E-state index contributed by atoms with van der Waals surface area (Å²) in [4.78, 5) is 1.49. The molecule has 0 bridgehead atoms. The van der Waals surface area contributed by atoms with Crippen molar-refractivity contribution in [2.75, 3.05) is 18.1 Å². The molecule has 2 aliphatic rings. The fourth-order valence-electron chi connectivity index (χ4n) is 3.45. The molecule has 2 unspecified atom stereocenters. The van der Waals surface area contributed by atoms with Crippen LogP contribution in [0.4, 0.5) is 0 Å². The minimum atomic E-state index is 0.198. The second-order valence-corrected chi connectivity index (χ2v) is 8.44. The van der Waals surface area contributed by atoms with Crippen molar-refractivity contribution in [2.24, 2.45) is 0 Å². The molecule has 0 saturated carbocycles. The van der Waals surface area contributed by atoms with Crippen molar-refractivity contribution in [3.8, 4) is 0 Å². The van der Waals surface area contributed by atoms with Crippen LogP contribution in [0, 0.1) is 0 Å². The van der Waals surface area contributed by atoms with Crippen molar-refractivity contribution in [2.45, 2.75) is 56.7 Å². The summed E-state index contributed by atoms with van der Waals surface area (Å²) in [6, 6.07) is 5.59. The van der Waals surface area contributed by atoms with Crippen molar-refractivity contribution in [1.82, 2.24) is 5.32 Å². The van der Waals surface area contributed by atoms with Crippen molar-refractivity contribution >= 4 is 23.1 Å². The fourth-order valence-corrected chi connectivity index (χ4v) is 5.53. The van der Waals surface area contributed by atoms with Crippen molar-refractivity contribution in [3.05, 3.63) is 22.4 Å². The average molecular weight is 312 g/mol. The van der Waals surface area contributed by atoms with Gasteiger partial charge in [0.2, 0.25) is 0 Å². The summed E-state index contributed by atoms with van der Waals surface area (Å²) >= 11 is 3.95. The maximum atomic E-state index is 6.17. The van der Waals surface area contributed by atoms with E-state index in [-0.39, 0.29) is 5.60 Å². The molecule has 1 N–H and O–H groups in total. The Bertz CT molecular complexity index is 395. The van der Waals surface area contributed by atoms with Gasteiger partial charge in [-0.15, -0.1) is 11.3 Å². The Kier molecular flexibility index (Phi) is 5.08. The number of thiophene rings is 1. The molecule has 0 amide bonds. The summed E-state index contributed by atoms with van der Waals surface area (Å²) in [6.07, 6.45) is 6.02. The predicted octanol–water partition coefficient (Wildman–Crippen LogP) is 3.71. The maximum absolute atomic E-state index is 6.17. The largest absolute Gasteiger partial charge is 0.375 e. The van der Waals surface area contributed by atoms with Crippen LogP contribution in [0.1, 0.15) is 37.5 Å². The van der Waals surface area contributed by atoms with Gasteiger partial charge in [-0.25, -0.2) is 0 Å². The van der Waals surface area contributed by atoms with Gasteiger partial charge in [0.25, 0.3) is 0 Å². The van der Waals surface area contributed by atoms with E-state index in [2.05, 4.69) is 41.5 Å². The van der Waals surface area contributed by atoms with Crippen LogP contribution in [0.15, 0.2) is 17.5 Å². The lowest BCUT2D eigenvalue weighted by atomic mass is 9.85. The number of rotatable bonds is 4. The van der Waals surface area contributed by atoms with E-state index < -0.39 is 0 Å². The van der Waals surface area contributed by atoms with Gasteiger partial charge < -0.3 is 10.1 Å². The molecule has 0 radical (unpaired) electrons. The van der Waals surface area contributed by atoms with Gasteiger partial charge in [-0.2, -0.15) is 11.8 Å². The first-order chi connectivity index (χ1) is 9.76. The van der Waals surface area contributed by atoms with Crippen LogP contribution < -0.4 is 5.32 Å². The Labute approximate surface area is 130 Å². The lowest BCUT2D eigenvalue weighted by Crippen LogP contribution is -2.50. The molecular formula is C16H25NOS2. The molecule has 1 aromatic rings. The SMILES string of the molecule is CC(Cc1cccs1)NC1CCOC2(CCSCC2)C1. The lowest BCUT2D eigenvalue weighted by molar-refractivity contribution is -0.0940. The Morgan fingerprint density at radius 1 is 1.45 bits per heavy atom. The molecule has 4 heteroatoms. The molecule has 2 saturated heterocycles. The van der Waals surface area contributed by atoms with Gasteiger partial charge in [-0.3, -0.25) is 0 Å². The standard InChI is InChI=1S/C16H25NOS2/c1-13(11-15-3-2-8-20-15)17-14-4-7-18-16(12-14)5-9-19-10-6-16/h2-3,8,13-14,17H,4-7,9-12H2,1H3. The highest BCUT2D eigenvalue weighted by molar-refractivity contribution is 7.99. The highest BCUT2D eigenvalue weighted by Crippen LogP contribution is 2.37. The van der Waals surface area contributed by atoms with E-state index in [4.69, 9.17) is 4.74 Å². The second-order valence-electron chi connectivity index (χ2n) is 6.18. The summed E-state index contributed by atoms with van der Waals surface area (Å²) < 4.78 is 6.17. The Morgan fingerprint density at radius 2 is 2.30 bits per heavy atom. The fraction of sp³-hybridized carbons (Fsp3) is 0.750. The van der Waals surface area contributed by atoms with Crippen LogP contribution in [-0.4, -0.2) is 35.8 Å². The topological polar surface area (TPSA) is 21.3 Å². The Balaban J connectivity index is 1.51. The third-order valence-corrected chi connectivity index (χ3v) is 6.39. The highest BCUT2D eigenvalue weighted by atomic mass is 32.2. The third kappa shape index (κ3) is 3.79. The number of nitrogens with one attached hydrogen (secondary N) is 1. The van der Waals surface area contributed by atoms with Gasteiger partial charge in [0.15, 0.2) is 0 Å². The number of hydrogen-bond acceptors (Lipinski definition) is 4. The van der Waals surface area contributed by atoms with Gasteiger partial charge in [0.05, 0.1) is 5.60 Å². The summed E-state index contributed by atoms with van der Waals surface area (Å²) in [7, 11) is 0. The van der Waals surface area contributed by atoms with Crippen molar-refractivity contribution in [3.63, 3.8) is 0 Å². The minimum Gasteiger partial charge on any atom is -0.375 e. The molecule has 3 rings (SSSR count). The van der Waals surface area contributed by atoms with E-state index in [1.807, 2.05) is 11.3 Å². The molecule has 1 aromatic heterocycles. The zero-order chi connectivity index (χ0) is 13.8. The summed E-state index contributed by atoms with van der Waals surface area (Å²) in [5, 5.41) is 6.02. The van der Waals surface area contributed by atoms with Crippen LogP contribution in [0.25, 0.3) is 0 Å². The molecule has 2 nitrogen and oxygen atoms in total. The molecule has 1 spiro atoms. The molecular weight excluding hydrogens is 286 g/mol. The summed E-state index contributed by atoms with van der Waals surface area (Å²) in [5.41, 5.74) is 0.198. The second kappa shape index (κ2) is 6.82. The highest BCUT2D eigenvalue weighted by Gasteiger charge is 2.38. The monoisotopic (exact) mass is 311 g/mol. The van der Waals surface area contributed by atoms with Gasteiger partial charge in [0, 0.05) is 23.6 Å². The van der Waals surface area contributed by atoms with Crippen LogP contribution in [0.3, 0.4) is 0 Å². The maximum Gasteiger partial charge on any atom is 0.0713 e. The number of hydrogen-bond donors (Lipinski definition) is 1. The zero-order valence-corrected chi connectivity index (χ0v) is 13.9. The van der Waals surface area contributed by atoms with Crippen LogP contribution in [0.2, 0.25) is 0 Å². The zero-order valence-electron chi connectivity index (χ0n) is 12.3. The van der Waals surface area contributed by atoms with Gasteiger partial charge in [0.1, 0.15) is 0 Å². The van der Waals surface area contributed by atoms with Crippen LogP contribution >= 0.6 is 23.1 Å². The Hall–Kier alpha value is -0.0300. The van der Waals surface area contributed by atoms with E-state index in [1.54, 1.807) is 0 Å². The first-order valence-electron chi connectivity index (χ1n) is 7.76. The molecule has 0 aliphatic carbocycles. The molecule has 2 atom stereocenters. The smallest absolute Gasteiger partial charge is 0.0713 e. The average Bonchev–Trinajstić information content (AvgIpc) is 2.92. The van der Waals surface area contributed by atoms with E-state index in [0.29, 0.717) is 12.1 Å². The molecule has 20 heavy (non-hydrogen) atoms. The first-order valence-corrected chi connectivity index (χ1v) is 9.79. The summed E-state index contributed by atoms with van der Waals surface area (Å²) in [5.74, 6) is 2.55. The first kappa shape index (κ1) is 14.9. The summed E-state index contributed by atoms with van der Waals surface area (Å²) in [6.45, 7) is 3.26. The molecule has 0 aromatic carbocycles. The van der Waals surface area contributed by atoms with Gasteiger partial charge in [-0.05, 0) is 62.0 Å². The van der Waals surface area contributed by atoms with Crippen molar-refractivity contribution in [1.29, 1.82) is 0 Å². The number of ether oxygens (including phenoxy) is 1. The van der Waals surface area contributed by atoms with E-state index >= 15 is 0 Å².